The number of imide groups is 1. The number of nitrogens with zero attached hydrogens (tertiary/aromatic N) is 2. The summed E-state index contributed by atoms with van der Waals surface area (Å²) in [5, 5.41) is 5.14. The molecule has 1 aromatic heterocycles. The Bertz CT molecular complexity index is 1380. The fourth-order valence-corrected chi connectivity index (χ4v) is 4.54. The van der Waals surface area contributed by atoms with Gasteiger partial charge >= 0.3 is 0 Å². The van der Waals surface area contributed by atoms with E-state index >= 15 is 0 Å². The number of rotatable bonds is 6. The first-order valence-corrected chi connectivity index (χ1v) is 11.4. The number of hydrogen-bond acceptors (Lipinski definition) is 6. The van der Waals surface area contributed by atoms with E-state index in [1.807, 2.05) is 29.6 Å². The Morgan fingerprint density at radius 3 is 2.26 bits per heavy atom. The molecule has 0 atom stereocenters. The predicted octanol–water partition coefficient (Wildman–Crippen LogP) is 4.87. The molecular weight excluding hydrogens is 450 g/mol. The number of nitrogens with one attached hydrogen (secondary N) is 1. The van der Waals surface area contributed by atoms with Crippen molar-refractivity contribution in [3.8, 4) is 17.0 Å². The Labute approximate surface area is 199 Å². The molecule has 3 amide bonds. The van der Waals surface area contributed by atoms with Gasteiger partial charge in [0.1, 0.15) is 5.75 Å². The smallest absolute Gasteiger partial charge is 0.261 e. The van der Waals surface area contributed by atoms with Gasteiger partial charge in [-0.05, 0) is 48.0 Å². The van der Waals surface area contributed by atoms with Crippen molar-refractivity contribution in [2.45, 2.75) is 6.54 Å². The lowest BCUT2D eigenvalue weighted by Crippen LogP contribution is -2.30. The number of ether oxygens (including phenoxy) is 1. The van der Waals surface area contributed by atoms with Crippen LogP contribution in [-0.4, -0.2) is 34.7 Å². The van der Waals surface area contributed by atoms with Crippen molar-refractivity contribution >= 4 is 34.2 Å². The minimum Gasteiger partial charge on any atom is -0.497 e. The summed E-state index contributed by atoms with van der Waals surface area (Å²) in [4.78, 5) is 44.3. The summed E-state index contributed by atoms with van der Waals surface area (Å²) >= 11 is 1.32. The van der Waals surface area contributed by atoms with E-state index < -0.39 is 0 Å². The van der Waals surface area contributed by atoms with Crippen LogP contribution in [-0.2, 0) is 6.54 Å². The summed E-state index contributed by atoms with van der Waals surface area (Å²) in [5.74, 6) is -0.329. The molecule has 1 N–H and O–H groups in total. The molecule has 7 nitrogen and oxygen atoms in total. The summed E-state index contributed by atoms with van der Waals surface area (Å²) in [6, 6.07) is 21.1. The second-order valence-electron chi connectivity index (χ2n) is 7.62. The van der Waals surface area contributed by atoms with Crippen molar-refractivity contribution < 1.29 is 19.1 Å². The number of methoxy groups -OCH3 is 1. The van der Waals surface area contributed by atoms with Crippen molar-refractivity contribution in [1.29, 1.82) is 0 Å². The number of carbonyl (C=O) groups is 3. The Kier molecular flexibility index (Phi) is 5.65. The third kappa shape index (κ3) is 3.95. The molecule has 1 aliphatic rings. The van der Waals surface area contributed by atoms with Gasteiger partial charge in [-0.1, -0.05) is 30.3 Å². The first-order chi connectivity index (χ1) is 16.5. The van der Waals surface area contributed by atoms with E-state index in [2.05, 4.69) is 10.3 Å². The molecule has 5 rings (SSSR count). The molecule has 34 heavy (non-hydrogen) atoms. The minimum atomic E-state index is -0.361. The number of aromatic nitrogens is 1. The molecule has 3 aromatic carbocycles. The summed E-state index contributed by atoms with van der Waals surface area (Å²) in [5.41, 5.74) is 3.35. The number of amides is 3. The maximum atomic E-state index is 13.1. The van der Waals surface area contributed by atoms with Crippen LogP contribution in [0.15, 0.2) is 78.2 Å². The van der Waals surface area contributed by atoms with Crippen LogP contribution in [0.2, 0.25) is 0 Å². The molecule has 0 saturated heterocycles. The van der Waals surface area contributed by atoms with E-state index in [1.165, 1.54) is 16.2 Å². The average Bonchev–Trinajstić information content (AvgIpc) is 3.43. The van der Waals surface area contributed by atoms with E-state index in [4.69, 9.17) is 4.74 Å². The summed E-state index contributed by atoms with van der Waals surface area (Å²) < 4.78 is 5.18. The lowest BCUT2D eigenvalue weighted by molar-refractivity contribution is 0.0640. The van der Waals surface area contributed by atoms with E-state index in [0.717, 1.165) is 17.0 Å². The van der Waals surface area contributed by atoms with E-state index in [0.29, 0.717) is 27.4 Å². The van der Waals surface area contributed by atoms with Gasteiger partial charge in [-0.15, -0.1) is 11.3 Å². The second kappa shape index (κ2) is 8.92. The maximum absolute atomic E-state index is 13.1. The molecule has 0 fully saturated rings. The van der Waals surface area contributed by atoms with Crippen molar-refractivity contribution in [3.05, 3.63) is 100 Å². The zero-order valence-electron chi connectivity index (χ0n) is 18.1. The lowest BCUT2D eigenvalue weighted by atomic mass is 10.1. The topological polar surface area (TPSA) is 88.6 Å². The van der Waals surface area contributed by atoms with Crippen molar-refractivity contribution in [1.82, 2.24) is 9.88 Å². The Morgan fingerprint density at radius 1 is 0.941 bits per heavy atom. The Balaban J connectivity index is 1.34. The first kappa shape index (κ1) is 21.5. The molecule has 2 heterocycles. The molecule has 168 valence electrons. The highest BCUT2D eigenvalue weighted by molar-refractivity contribution is 7.14. The van der Waals surface area contributed by atoms with Gasteiger partial charge < -0.3 is 4.74 Å². The molecule has 0 bridgehead atoms. The van der Waals surface area contributed by atoms with Crippen LogP contribution < -0.4 is 10.1 Å². The Morgan fingerprint density at radius 2 is 1.59 bits per heavy atom. The number of anilines is 1. The predicted molar refractivity (Wildman–Crippen MR) is 129 cm³/mol. The van der Waals surface area contributed by atoms with E-state index in [9.17, 15) is 14.4 Å². The van der Waals surface area contributed by atoms with Gasteiger partial charge in [-0.2, -0.15) is 0 Å². The highest BCUT2D eigenvalue weighted by atomic mass is 32.1. The number of benzene rings is 3. The zero-order valence-corrected chi connectivity index (χ0v) is 19.0. The highest BCUT2D eigenvalue weighted by Gasteiger charge is 2.35. The number of thiazole rings is 1. The first-order valence-electron chi connectivity index (χ1n) is 10.5. The van der Waals surface area contributed by atoms with Crippen molar-refractivity contribution in [2.24, 2.45) is 0 Å². The van der Waals surface area contributed by atoms with Crippen molar-refractivity contribution in [3.63, 3.8) is 0 Å². The lowest BCUT2D eigenvalue weighted by Gasteiger charge is -2.16. The normalized spacial score (nSPS) is 12.6. The van der Waals surface area contributed by atoms with E-state index in [1.54, 1.807) is 55.6 Å². The van der Waals surface area contributed by atoms with Crippen molar-refractivity contribution in [2.75, 3.05) is 12.4 Å². The summed E-state index contributed by atoms with van der Waals surface area (Å²) in [7, 11) is 1.61. The van der Waals surface area contributed by atoms with E-state index in [-0.39, 0.29) is 24.3 Å². The quantitative estimate of drug-likeness (QED) is 0.407. The van der Waals surface area contributed by atoms with Gasteiger partial charge in [-0.3, -0.25) is 24.6 Å². The standard InChI is InChI=1S/C26H19N3O4S/c1-33-18-12-10-16(11-13-18)22-15-34-26(27-22)28-23(30)19-7-3-2-6-17(19)14-29-24(31)20-8-4-5-9-21(20)25(29)32/h2-13,15H,14H2,1H3,(H,27,28,30). The van der Waals surface area contributed by atoms with Gasteiger partial charge in [-0.25, -0.2) is 4.98 Å². The third-order valence-corrected chi connectivity index (χ3v) is 6.34. The fourth-order valence-electron chi connectivity index (χ4n) is 3.82. The summed E-state index contributed by atoms with van der Waals surface area (Å²) in [6.45, 7) is 0.00487. The SMILES string of the molecule is COc1ccc(-c2csc(NC(=O)c3ccccc3CN3C(=O)c4ccccc4C3=O)n2)cc1. The third-order valence-electron chi connectivity index (χ3n) is 5.58. The number of carbonyl (C=O) groups excluding carboxylic acids is 3. The average molecular weight is 470 g/mol. The molecule has 1 aliphatic heterocycles. The number of hydrogen-bond donors (Lipinski definition) is 1. The summed E-state index contributed by atoms with van der Waals surface area (Å²) in [6.07, 6.45) is 0. The minimum absolute atomic E-state index is 0.00487. The monoisotopic (exact) mass is 469 g/mol. The van der Waals surface area contributed by atoms with Gasteiger partial charge in [0, 0.05) is 16.5 Å². The van der Waals surface area contributed by atoms with Gasteiger partial charge in [0.15, 0.2) is 5.13 Å². The molecular formula is C26H19N3O4S. The molecule has 0 unspecified atom stereocenters. The van der Waals surface area contributed by atoms with Crippen LogP contribution in [0.4, 0.5) is 5.13 Å². The molecule has 0 spiro atoms. The largest absolute Gasteiger partial charge is 0.497 e. The van der Waals surface area contributed by atoms with Gasteiger partial charge in [0.05, 0.1) is 30.5 Å². The molecule has 8 heteroatoms. The van der Waals surface area contributed by atoms with Crippen LogP contribution in [0.3, 0.4) is 0 Å². The fraction of sp³-hybridized carbons (Fsp3) is 0.0769. The molecule has 0 radical (unpaired) electrons. The van der Waals surface area contributed by atoms with Crippen LogP contribution in [0.5, 0.6) is 5.75 Å². The molecule has 0 saturated carbocycles. The zero-order chi connectivity index (χ0) is 23.7. The second-order valence-corrected chi connectivity index (χ2v) is 8.48. The molecule has 4 aromatic rings. The van der Waals surface area contributed by atoms with Gasteiger partial charge in [0.2, 0.25) is 0 Å². The van der Waals surface area contributed by atoms with Crippen LogP contribution in [0.1, 0.15) is 36.6 Å². The van der Waals surface area contributed by atoms with Crippen LogP contribution in [0.25, 0.3) is 11.3 Å². The van der Waals surface area contributed by atoms with Crippen LogP contribution >= 0.6 is 11.3 Å². The molecule has 0 aliphatic carbocycles. The van der Waals surface area contributed by atoms with Crippen LogP contribution in [0, 0.1) is 0 Å². The Hall–Kier alpha value is -4.30. The maximum Gasteiger partial charge on any atom is 0.261 e. The van der Waals surface area contributed by atoms with Gasteiger partial charge in [0.25, 0.3) is 17.7 Å². The highest BCUT2D eigenvalue weighted by Crippen LogP contribution is 2.28. The number of fused-ring (bicyclic) bond motifs is 1.